The molecule has 0 spiro atoms. The zero-order valence-corrected chi connectivity index (χ0v) is 15.2. The molecule has 0 saturated carbocycles. The predicted molar refractivity (Wildman–Crippen MR) is 105 cm³/mol. The lowest BCUT2D eigenvalue weighted by molar-refractivity contribution is -0.384. The zero-order chi connectivity index (χ0) is 19.4. The van der Waals surface area contributed by atoms with Crippen LogP contribution < -0.4 is 5.73 Å². The molecule has 1 fully saturated rings. The quantitative estimate of drug-likeness (QED) is 0.515. The average molecular weight is 364 g/mol. The summed E-state index contributed by atoms with van der Waals surface area (Å²) in [6.45, 7) is 1.34. The van der Waals surface area contributed by atoms with Crippen molar-refractivity contribution in [3.05, 3.63) is 80.9 Å². The van der Waals surface area contributed by atoms with E-state index in [1.807, 2.05) is 43.5 Å². The van der Waals surface area contributed by atoms with E-state index in [4.69, 9.17) is 0 Å². The monoisotopic (exact) mass is 364 g/mol. The van der Waals surface area contributed by atoms with Crippen LogP contribution in [-0.2, 0) is 4.79 Å². The van der Waals surface area contributed by atoms with Crippen molar-refractivity contribution in [2.75, 3.05) is 20.1 Å². The Morgan fingerprint density at radius 1 is 1.00 bits per heavy atom. The van der Waals surface area contributed by atoms with Gasteiger partial charge in [0.05, 0.1) is 4.92 Å². The molecule has 0 aromatic heterocycles. The summed E-state index contributed by atoms with van der Waals surface area (Å²) in [5, 5.41) is 10.8. The van der Waals surface area contributed by atoms with Crippen LogP contribution in [0.15, 0.2) is 59.7 Å². The van der Waals surface area contributed by atoms with Crippen molar-refractivity contribution in [3.63, 3.8) is 0 Å². The molecule has 138 valence electrons. The SMILES string of the molecule is CN1CC/C(=C\c2ccc([NH3+])cc2)C(=O)/C(=C/c2ccc([N+](=O)[O-])cc2)C1. The number of Topliss-reactive ketones (excluding diaryl/α,β-unsaturated/α-hetero) is 1. The highest BCUT2D eigenvalue weighted by Crippen LogP contribution is 2.23. The standard InChI is InChI=1S/C21H21N3O3/c1-23-11-10-17(12-15-2-6-19(22)7-3-15)21(25)18(14-23)13-16-4-8-20(9-5-16)24(26)27/h2-9,12-13H,10-11,14,22H2,1H3/p+1/b17-12+,18-13+. The number of carbonyl (C=O) groups is 1. The van der Waals surface area contributed by atoms with Crippen LogP contribution in [-0.4, -0.2) is 35.7 Å². The van der Waals surface area contributed by atoms with Crippen LogP contribution in [0.25, 0.3) is 12.2 Å². The fourth-order valence-corrected chi connectivity index (χ4v) is 3.03. The lowest BCUT2D eigenvalue weighted by Gasteiger charge is -2.12. The van der Waals surface area contributed by atoms with Gasteiger partial charge in [-0.15, -0.1) is 0 Å². The number of nitro benzene ring substituents is 1. The second-order valence-electron chi connectivity index (χ2n) is 6.75. The summed E-state index contributed by atoms with van der Waals surface area (Å²) in [6.07, 6.45) is 4.43. The Morgan fingerprint density at radius 3 is 2.15 bits per heavy atom. The zero-order valence-electron chi connectivity index (χ0n) is 15.2. The number of carbonyl (C=O) groups excluding carboxylic acids is 1. The molecule has 27 heavy (non-hydrogen) atoms. The van der Waals surface area contributed by atoms with Gasteiger partial charge in [0.25, 0.3) is 5.69 Å². The number of likely N-dealkylation sites (N-methyl/N-ethyl adjacent to an activating group) is 1. The van der Waals surface area contributed by atoms with E-state index in [-0.39, 0.29) is 11.5 Å². The van der Waals surface area contributed by atoms with Crippen molar-refractivity contribution in [1.29, 1.82) is 0 Å². The number of benzene rings is 2. The summed E-state index contributed by atoms with van der Waals surface area (Å²) in [5.74, 6) is 0.0244. The molecule has 1 saturated heterocycles. The van der Waals surface area contributed by atoms with Gasteiger partial charge in [0.15, 0.2) is 5.78 Å². The third-order valence-corrected chi connectivity index (χ3v) is 4.55. The minimum atomic E-state index is -0.431. The van der Waals surface area contributed by atoms with E-state index in [9.17, 15) is 14.9 Å². The largest absolute Gasteiger partial charge is 0.325 e. The van der Waals surface area contributed by atoms with E-state index in [0.29, 0.717) is 18.5 Å². The smallest absolute Gasteiger partial charge is 0.269 e. The number of rotatable bonds is 3. The third kappa shape index (κ3) is 4.75. The lowest BCUT2D eigenvalue weighted by atomic mass is 9.98. The Kier molecular flexibility index (Phi) is 5.59. The number of likely N-dealkylation sites (tertiary alicyclic amines) is 1. The maximum atomic E-state index is 13.1. The molecule has 2 aromatic carbocycles. The predicted octanol–water partition coefficient (Wildman–Crippen LogP) is 2.84. The molecule has 1 aliphatic heterocycles. The maximum absolute atomic E-state index is 13.1. The topological polar surface area (TPSA) is 91.1 Å². The first-order valence-electron chi connectivity index (χ1n) is 8.73. The van der Waals surface area contributed by atoms with E-state index >= 15 is 0 Å². The van der Waals surface area contributed by atoms with Gasteiger partial charge in [0.1, 0.15) is 5.69 Å². The van der Waals surface area contributed by atoms with Crippen LogP contribution >= 0.6 is 0 Å². The van der Waals surface area contributed by atoms with Gasteiger partial charge < -0.3 is 10.6 Å². The number of hydrogen-bond acceptors (Lipinski definition) is 4. The minimum absolute atomic E-state index is 0.0244. The van der Waals surface area contributed by atoms with Gasteiger partial charge in [-0.1, -0.05) is 0 Å². The fourth-order valence-electron chi connectivity index (χ4n) is 3.03. The highest BCUT2D eigenvalue weighted by atomic mass is 16.6. The molecule has 0 atom stereocenters. The molecule has 3 N–H and O–H groups in total. The Labute approximate surface area is 157 Å². The van der Waals surface area contributed by atoms with E-state index in [1.54, 1.807) is 12.1 Å². The molecule has 6 heteroatoms. The molecule has 2 aromatic rings. The molecule has 0 bridgehead atoms. The average Bonchev–Trinajstić information content (AvgIpc) is 2.77. The van der Waals surface area contributed by atoms with Crippen molar-refractivity contribution in [3.8, 4) is 0 Å². The van der Waals surface area contributed by atoms with Crippen molar-refractivity contribution >= 4 is 29.3 Å². The highest BCUT2D eigenvalue weighted by molar-refractivity contribution is 6.13. The first kappa shape index (κ1) is 18.7. The number of nitro groups is 1. The lowest BCUT2D eigenvalue weighted by Crippen LogP contribution is -2.39. The van der Waals surface area contributed by atoms with E-state index < -0.39 is 4.92 Å². The summed E-state index contributed by atoms with van der Waals surface area (Å²) in [7, 11) is 1.98. The fraction of sp³-hybridized carbons (Fsp3) is 0.190. The summed E-state index contributed by atoms with van der Waals surface area (Å²) in [6, 6.07) is 14.0. The van der Waals surface area contributed by atoms with E-state index in [0.717, 1.165) is 28.9 Å². The van der Waals surface area contributed by atoms with Crippen LogP contribution in [0.3, 0.4) is 0 Å². The Bertz CT molecular complexity index is 913. The summed E-state index contributed by atoms with van der Waals surface area (Å²) < 4.78 is 0. The first-order chi connectivity index (χ1) is 12.9. The number of ketones is 1. The van der Waals surface area contributed by atoms with Gasteiger partial charge in [-0.2, -0.15) is 0 Å². The van der Waals surface area contributed by atoms with Gasteiger partial charge in [0.2, 0.25) is 0 Å². The van der Waals surface area contributed by atoms with Crippen LogP contribution in [0.1, 0.15) is 17.5 Å². The van der Waals surface area contributed by atoms with Gasteiger partial charge in [-0.05, 0) is 73.1 Å². The van der Waals surface area contributed by atoms with Crippen LogP contribution in [0.2, 0.25) is 0 Å². The number of non-ortho nitro benzene ring substituents is 1. The first-order valence-corrected chi connectivity index (χ1v) is 8.73. The normalized spacial score (nSPS) is 18.7. The number of nitrogens with zero attached hydrogens (tertiary/aromatic N) is 2. The van der Waals surface area contributed by atoms with Crippen LogP contribution in [0.4, 0.5) is 11.4 Å². The molecule has 6 nitrogen and oxygen atoms in total. The number of hydrogen-bond donors (Lipinski definition) is 1. The second-order valence-corrected chi connectivity index (χ2v) is 6.75. The second kappa shape index (κ2) is 8.07. The van der Waals surface area contributed by atoms with Gasteiger partial charge in [-0.3, -0.25) is 14.9 Å². The van der Waals surface area contributed by atoms with Gasteiger partial charge in [-0.25, -0.2) is 0 Å². The summed E-state index contributed by atoms with van der Waals surface area (Å²) >= 11 is 0. The highest BCUT2D eigenvalue weighted by Gasteiger charge is 2.21. The third-order valence-electron chi connectivity index (χ3n) is 4.55. The van der Waals surface area contributed by atoms with Crippen molar-refractivity contribution in [2.45, 2.75) is 6.42 Å². The Hall–Kier alpha value is -3.09. The van der Waals surface area contributed by atoms with Crippen LogP contribution in [0.5, 0.6) is 0 Å². The summed E-state index contributed by atoms with van der Waals surface area (Å²) in [4.78, 5) is 25.5. The minimum Gasteiger partial charge on any atom is -0.325 e. The van der Waals surface area contributed by atoms with Gasteiger partial charge >= 0.3 is 0 Å². The van der Waals surface area contributed by atoms with E-state index in [1.165, 1.54) is 12.1 Å². The number of quaternary nitrogens is 1. The molecule has 0 amide bonds. The van der Waals surface area contributed by atoms with Crippen molar-refractivity contribution in [2.24, 2.45) is 0 Å². The molecule has 3 rings (SSSR count). The molecule has 0 aliphatic carbocycles. The molecule has 1 aliphatic rings. The Balaban J connectivity index is 1.92. The van der Waals surface area contributed by atoms with Crippen molar-refractivity contribution in [1.82, 2.24) is 4.90 Å². The molecule has 0 unspecified atom stereocenters. The molecule has 0 radical (unpaired) electrons. The summed E-state index contributed by atoms with van der Waals surface area (Å²) in [5.41, 5.74) is 8.06. The molecular weight excluding hydrogens is 342 g/mol. The van der Waals surface area contributed by atoms with Gasteiger partial charge in [0, 0.05) is 36.4 Å². The molecular formula is C21H22N3O3+. The van der Waals surface area contributed by atoms with Crippen LogP contribution in [0, 0.1) is 10.1 Å². The molecule has 1 heterocycles. The Morgan fingerprint density at radius 2 is 1.56 bits per heavy atom. The maximum Gasteiger partial charge on any atom is 0.269 e. The van der Waals surface area contributed by atoms with E-state index in [2.05, 4.69) is 10.6 Å². The van der Waals surface area contributed by atoms with Crippen molar-refractivity contribution < 1.29 is 15.5 Å².